The second-order valence-electron chi connectivity index (χ2n) is 8.06. The summed E-state index contributed by atoms with van der Waals surface area (Å²) in [6.07, 6.45) is 3.33. The van der Waals surface area contributed by atoms with Crippen LogP contribution in [0.5, 0.6) is 0 Å². The van der Waals surface area contributed by atoms with Crippen molar-refractivity contribution in [3.63, 3.8) is 0 Å². The first-order valence-electron chi connectivity index (χ1n) is 11.1. The monoisotopic (exact) mass is 482 g/mol. The van der Waals surface area contributed by atoms with Crippen molar-refractivity contribution in [2.24, 2.45) is 0 Å². The fourth-order valence-corrected chi connectivity index (χ4v) is 3.94. The maximum atomic E-state index is 12.8. The highest BCUT2D eigenvalue weighted by molar-refractivity contribution is 6.30. The maximum Gasteiger partial charge on any atom is 0.262 e. The molecule has 174 valence electrons. The molecule has 35 heavy (non-hydrogen) atoms. The maximum absolute atomic E-state index is 12.8. The second kappa shape index (κ2) is 10.7. The van der Waals surface area contributed by atoms with Gasteiger partial charge in [-0.1, -0.05) is 60.1 Å². The van der Waals surface area contributed by atoms with E-state index in [4.69, 9.17) is 11.6 Å². The van der Waals surface area contributed by atoms with Gasteiger partial charge in [0.15, 0.2) is 0 Å². The highest BCUT2D eigenvalue weighted by atomic mass is 35.5. The minimum atomic E-state index is -0.457. The number of nitriles is 1. The van der Waals surface area contributed by atoms with Crippen molar-refractivity contribution in [2.75, 3.05) is 5.32 Å². The molecule has 0 spiro atoms. The first kappa shape index (κ1) is 23.8. The Morgan fingerprint density at radius 2 is 1.71 bits per heavy atom. The average molecular weight is 483 g/mol. The molecule has 0 bridgehead atoms. The van der Waals surface area contributed by atoms with E-state index >= 15 is 0 Å². The van der Waals surface area contributed by atoms with Crippen LogP contribution in [0.1, 0.15) is 24.1 Å². The number of rotatable bonds is 7. The number of amides is 2. The third-order valence-corrected chi connectivity index (χ3v) is 5.83. The minimum absolute atomic E-state index is 0.0127. The molecule has 0 radical (unpaired) electrons. The summed E-state index contributed by atoms with van der Waals surface area (Å²) < 4.78 is 1.80. The number of nitrogens with zero attached hydrogens (tertiary/aromatic N) is 2. The van der Waals surface area contributed by atoms with E-state index in [2.05, 4.69) is 10.6 Å². The van der Waals surface area contributed by atoms with Crippen molar-refractivity contribution in [3.8, 4) is 6.07 Å². The SMILES string of the molecule is C[C@@H](NC(=O)/C(C#N)=C\c1cn(CC(=O)Nc2ccc(Cl)cc2)c2ccccc12)c1ccccc1. The molecule has 2 N–H and O–H groups in total. The van der Waals surface area contributed by atoms with E-state index in [0.29, 0.717) is 16.3 Å². The van der Waals surface area contributed by atoms with Crippen LogP contribution in [0.25, 0.3) is 17.0 Å². The van der Waals surface area contributed by atoms with Gasteiger partial charge in [-0.25, -0.2) is 0 Å². The Morgan fingerprint density at radius 1 is 1.03 bits per heavy atom. The summed E-state index contributed by atoms with van der Waals surface area (Å²) in [5.41, 5.74) is 3.08. The fourth-order valence-electron chi connectivity index (χ4n) is 3.81. The number of carbonyl (C=O) groups excluding carboxylic acids is 2. The van der Waals surface area contributed by atoms with Crippen LogP contribution in [0.15, 0.2) is 90.6 Å². The number of halogens is 1. The Hall–Kier alpha value is -4.34. The first-order valence-corrected chi connectivity index (χ1v) is 11.4. The molecule has 6 nitrogen and oxygen atoms in total. The number of anilines is 1. The lowest BCUT2D eigenvalue weighted by atomic mass is 10.1. The summed E-state index contributed by atoms with van der Waals surface area (Å²) in [6.45, 7) is 1.93. The van der Waals surface area contributed by atoms with E-state index in [0.717, 1.165) is 16.5 Å². The van der Waals surface area contributed by atoms with Gasteiger partial charge in [0.2, 0.25) is 5.91 Å². The van der Waals surface area contributed by atoms with Gasteiger partial charge < -0.3 is 15.2 Å². The lowest BCUT2D eigenvalue weighted by Gasteiger charge is -2.13. The van der Waals surface area contributed by atoms with E-state index in [9.17, 15) is 14.9 Å². The standard InChI is InChI=1S/C28H23ClN4O2/c1-19(20-7-3-2-4-8-20)31-28(35)21(16-30)15-22-17-33(26-10-6-5-9-25(22)26)18-27(34)32-24-13-11-23(29)12-14-24/h2-15,17,19H,18H2,1H3,(H,31,35)(H,32,34)/b21-15-/t19-/m1/s1. The van der Waals surface area contributed by atoms with Gasteiger partial charge in [0.05, 0.1) is 6.04 Å². The van der Waals surface area contributed by atoms with Crippen molar-refractivity contribution in [3.05, 3.63) is 107 Å². The summed E-state index contributed by atoms with van der Waals surface area (Å²) in [4.78, 5) is 25.5. The van der Waals surface area contributed by atoms with Crippen LogP contribution in [0.3, 0.4) is 0 Å². The molecule has 0 aliphatic rings. The molecule has 0 fully saturated rings. The van der Waals surface area contributed by atoms with Crippen LogP contribution in [-0.4, -0.2) is 16.4 Å². The van der Waals surface area contributed by atoms with E-state index in [1.807, 2.05) is 67.6 Å². The van der Waals surface area contributed by atoms with E-state index < -0.39 is 5.91 Å². The summed E-state index contributed by atoms with van der Waals surface area (Å²) in [6, 6.07) is 25.7. The molecular weight excluding hydrogens is 460 g/mol. The topological polar surface area (TPSA) is 86.9 Å². The quantitative estimate of drug-likeness (QED) is 0.261. The molecule has 0 unspecified atom stereocenters. The third kappa shape index (κ3) is 5.78. The molecule has 1 aromatic heterocycles. The molecule has 1 atom stereocenters. The Morgan fingerprint density at radius 3 is 2.43 bits per heavy atom. The number of fused-ring (bicyclic) bond motifs is 1. The summed E-state index contributed by atoms with van der Waals surface area (Å²) in [7, 11) is 0. The lowest BCUT2D eigenvalue weighted by molar-refractivity contribution is -0.118. The van der Waals surface area contributed by atoms with Gasteiger partial charge in [0, 0.05) is 33.4 Å². The number of nitrogens with one attached hydrogen (secondary N) is 2. The zero-order chi connectivity index (χ0) is 24.8. The molecule has 4 aromatic rings. The molecule has 4 rings (SSSR count). The summed E-state index contributed by atoms with van der Waals surface area (Å²) >= 11 is 5.91. The van der Waals surface area contributed by atoms with Crippen molar-refractivity contribution >= 4 is 46.1 Å². The molecule has 0 saturated heterocycles. The predicted octanol–water partition coefficient (Wildman–Crippen LogP) is 5.72. The largest absolute Gasteiger partial charge is 0.345 e. The van der Waals surface area contributed by atoms with Crippen molar-refractivity contribution in [2.45, 2.75) is 19.5 Å². The predicted molar refractivity (Wildman–Crippen MR) is 139 cm³/mol. The Balaban J connectivity index is 1.56. The number of carbonyl (C=O) groups is 2. The Labute approximate surface area is 208 Å². The van der Waals surface area contributed by atoms with Crippen LogP contribution in [0, 0.1) is 11.3 Å². The van der Waals surface area contributed by atoms with Crippen LogP contribution in [0.2, 0.25) is 5.02 Å². The number of benzene rings is 3. The van der Waals surface area contributed by atoms with E-state index in [-0.39, 0.29) is 24.1 Å². The number of para-hydroxylation sites is 1. The van der Waals surface area contributed by atoms with Gasteiger partial charge in [0.1, 0.15) is 18.2 Å². The number of hydrogen-bond donors (Lipinski definition) is 2. The third-order valence-electron chi connectivity index (χ3n) is 5.57. The summed E-state index contributed by atoms with van der Waals surface area (Å²) in [5.74, 6) is -0.667. The second-order valence-corrected chi connectivity index (χ2v) is 8.50. The minimum Gasteiger partial charge on any atom is -0.345 e. The number of aromatic nitrogens is 1. The van der Waals surface area contributed by atoms with E-state index in [1.165, 1.54) is 0 Å². The zero-order valence-corrected chi connectivity index (χ0v) is 19.8. The van der Waals surface area contributed by atoms with Crippen LogP contribution >= 0.6 is 11.6 Å². The Kier molecular flexibility index (Phi) is 7.30. The highest BCUT2D eigenvalue weighted by Gasteiger charge is 2.16. The first-order chi connectivity index (χ1) is 16.9. The van der Waals surface area contributed by atoms with Crippen molar-refractivity contribution in [1.82, 2.24) is 9.88 Å². The molecule has 3 aromatic carbocycles. The van der Waals surface area contributed by atoms with Gasteiger partial charge in [0.25, 0.3) is 5.91 Å². The molecule has 0 saturated carbocycles. The average Bonchev–Trinajstić information content (AvgIpc) is 3.21. The molecule has 0 aliphatic heterocycles. The fraction of sp³-hybridized carbons (Fsp3) is 0.107. The van der Waals surface area contributed by atoms with Crippen LogP contribution < -0.4 is 10.6 Å². The summed E-state index contributed by atoms with van der Waals surface area (Å²) in [5, 5.41) is 16.8. The number of hydrogen-bond acceptors (Lipinski definition) is 3. The van der Waals surface area contributed by atoms with Gasteiger partial charge in [-0.3, -0.25) is 9.59 Å². The van der Waals surface area contributed by atoms with Gasteiger partial charge >= 0.3 is 0 Å². The van der Waals surface area contributed by atoms with Crippen molar-refractivity contribution < 1.29 is 9.59 Å². The molecule has 0 aliphatic carbocycles. The van der Waals surface area contributed by atoms with Crippen LogP contribution in [0.4, 0.5) is 5.69 Å². The smallest absolute Gasteiger partial charge is 0.262 e. The highest BCUT2D eigenvalue weighted by Crippen LogP contribution is 2.24. The molecule has 7 heteroatoms. The van der Waals surface area contributed by atoms with Gasteiger partial charge in [-0.15, -0.1) is 0 Å². The Bertz CT molecular complexity index is 1430. The molecular formula is C28H23ClN4O2. The van der Waals surface area contributed by atoms with Gasteiger partial charge in [-0.2, -0.15) is 5.26 Å². The molecule has 1 heterocycles. The van der Waals surface area contributed by atoms with Crippen molar-refractivity contribution in [1.29, 1.82) is 5.26 Å². The zero-order valence-electron chi connectivity index (χ0n) is 19.0. The normalized spacial score (nSPS) is 12.1. The molecule has 2 amide bonds. The van der Waals surface area contributed by atoms with Crippen LogP contribution in [-0.2, 0) is 16.1 Å². The lowest BCUT2D eigenvalue weighted by Crippen LogP contribution is -2.27. The van der Waals surface area contributed by atoms with E-state index in [1.54, 1.807) is 41.1 Å². The van der Waals surface area contributed by atoms with Gasteiger partial charge in [-0.05, 0) is 48.9 Å².